The third kappa shape index (κ3) is 6.18. The highest BCUT2D eigenvalue weighted by Gasteiger charge is 2.02. The Morgan fingerprint density at radius 3 is 2.56 bits per heavy atom. The molecule has 1 amide bonds. The van der Waals surface area contributed by atoms with Gasteiger partial charge in [-0.2, -0.15) is 0 Å². The average Bonchev–Trinajstić information content (AvgIpc) is 2.60. The van der Waals surface area contributed by atoms with Crippen molar-refractivity contribution < 1.29 is 4.79 Å². The normalized spacial score (nSPS) is 10.6. The van der Waals surface area contributed by atoms with Crippen molar-refractivity contribution >= 4 is 17.3 Å². The van der Waals surface area contributed by atoms with E-state index in [1.165, 1.54) is 0 Å². The molecule has 4 heteroatoms. The van der Waals surface area contributed by atoms with E-state index in [-0.39, 0.29) is 5.91 Å². The molecule has 0 aromatic heterocycles. The maximum absolute atomic E-state index is 12.0. The van der Waals surface area contributed by atoms with Gasteiger partial charge in [0.25, 0.3) is 5.91 Å². The monoisotopic (exact) mass is 335 g/mol. The van der Waals surface area contributed by atoms with Gasteiger partial charge in [0.2, 0.25) is 0 Å². The number of para-hydroxylation sites is 2. The van der Waals surface area contributed by atoms with Gasteiger partial charge in [0, 0.05) is 24.2 Å². The summed E-state index contributed by atoms with van der Waals surface area (Å²) in [4.78, 5) is 12.0. The van der Waals surface area contributed by atoms with Crippen molar-refractivity contribution in [2.75, 3.05) is 17.6 Å². The first kappa shape index (κ1) is 18.3. The molecule has 0 heterocycles. The Labute approximate surface area is 149 Å². The van der Waals surface area contributed by atoms with Gasteiger partial charge in [0.15, 0.2) is 0 Å². The van der Waals surface area contributed by atoms with Gasteiger partial charge in [-0.25, -0.2) is 0 Å². The molecule has 0 fully saturated rings. The Bertz CT molecular complexity index is 748. The van der Waals surface area contributed by atoms with Gasteiger partial charge in [0.1, 0.15) is 0 Å². The zero-order chi connectivity index (χ0) is 18.1. The molecule has 0 saturated carbocycles. The second kappa shape index (κ2) is 9.33. The Morgan fingerprint density at radius 2 is 1.84 bits per heavy atom. The molecule has 0 spiro atoms. The minimum atomic E-state index is -0.0426. The van der Waals surface area contributed by atoms with Crippen molar-refractivity contribution in [3.8, 4) is 0 Å². The van der Waals surface area contributed by atoms with Gasteiger partial charge in [-0.3, -0.25) is 4.79 Å². The highest BCUT2D eigenvalue weighted by molar-refractivity contribution is 5.94. The van der Waals surface area contributed by atoms with E-state index in [0.717, 1.165) is 23.4 Å². The SMILES string of the molecule is C=C(C/C=C/CCNC(=O)c1ccc(C)cc1)Nc1ccccc1N. The van der Waals surface area contributed by atoms with Crippen molar-refractivity contribution in [3.05, 3.63) is 84.1 Å². The Morgan fingerprint density at radius 1 is 1.12 bits per heavy atom. The summed E-state index contributed by atoms with van der Waals surface area (Å²) >= 11 is 0. The number of hydrogen-bond acceptors (Lipinski definition) is 3. The number of nitrogen functional groups attached to an aromatic ring is 1. The van der Waals surface area contributed by atoms with Gasteiger partial charge in [0.05, 0.1) is 11.4 Å². The molecular weight excluding hydrogens is 310 g/mol. The third-order valence-electron chi connectivity index (χ3n) is 3.71. The summed E-state index contributed by atoms with van der Waals surface area (Å²) in [6.45, 7) is 6.60. The van der Waals surface area contributed by atoms with Crippen LogP contribution < -0.4 is 16.4 Å². The molecule has 25 heavy (non-hydrogen) atoms. The van der Waals surface area contributed by atoms with Crippen LogP contribution in [0.15, 0.2) is 73.0 Å². The van der Waals surface area contributed by atoms with Crippen molar-refractivity contribution in [2.45, 2.75) is 19.8 Å². The molecule has 0 radical (unpaired) electrons. The first-order valence-corrected chi connectivity index (χ1v) is 8.35. The molecule has 0 aliphatic carbocycles. The number of nitrogens with one attached hydrogen (secondary N) is 2. The van der Waals surface area contributed by atoms with E-state index >= 15 is 0 Å². The largest absolute Gasteiger partial charge is 0.397 e. The van der Waals surface area contributed by atoms with Gasteiger partial charge < -0.3 is 16.4 Å². The lowest BCUT2D eigenvalue weighted by Crippen LogP contribution is -2.23. The van der Waals surface area contributed by atoms with Crippen LogP contribution in [0.2, 0.25) is 0 Å². The van der Waals surface area contributed by atoms with Crippen LogP contribution in [0.3, 0.4) is 0 Å². The molecule has 4 nitrogen and oxygen atoms in total. The highest BCUT2D eigenvalue weighted by Crippen LogP contribution is 2.19. The molecule has 2 aromatic rings. The summed E-state index contributed by atoms with van der Waals surface area (Å²) in [5.74, 6) is -0.0426. The molecule has 4 N–H and O–H groups in total. The summed E-state index contributed by atoms with van der Waals surface area (Å²) in [5.41, 5.74) is 10.2. The number of rotatable bonds is 8. The summed E-state index contributed by atoms with van der Waals surface area (Å²) < 4.78 is 0. The van der Waals surface area contributed by atoms with Crippen LogP contribution in [0.4, 0.5) is 11.4 Å². The van der Waals surface area contributed by atoms with Crippen LogP contribution in [0.5, 0.6) is 0 Å². The van der Waals surface area contributed by atoms with Gasteiger partial charge in [-0.15, -0.1) is 0 Å². The van der Waals surface area contributed by atoms with E-state index in [2.05, 4.69) is 17.2 Å². The number of amides is 1. The number of benzene rings is 2. The molecule has 2 aromatic carbocycles. The van der Waals surface area contributed by atoms with E-state index < -0.39 is 0 Å². The topological polar surface area (TPSA) is 67.2 Å². The molecule has 0 saturated heterocycles. The first-order valence-electron chi connectivity index (χ1n) is 8.35. The van der Waals surface area contributed by atoms with Crippen molar-refractivity contribution in [3.63, 3.8) is 0 Å². The molecule has 0 bridgehead atoms. The van der Waals surface area contributed by atoms with Crippen molar-refractivity contribution in [2.24, 2.45) is 0 Å². The van der Waals surface area contributed by atoms with Crippen LogP contribution in [0, 0.1) is 6.92 Å². The predicted molar refractivity (Wildman–Crippen MR) is 106 cm³/mol. The van der Waals surface area contributed by atoms with Crippen LogP contribution in [0.1, 0.15) is 28.8 Å². The van der Waals surface area contributed by atoms with Crippen LogP contribution in [0.25, 0.3) is 0 Å². The zero-order valence-electron chi connectivity index (χ0n) is 14.6. The number of carbonyl (C=O) groups excluding carboxylic acids is 1. The smallest absolute Gasteiger partial charge is 0.251 e. The van der Waals surface area contributed by atoms with E-state index in [4.69, 9.17) is 5.73 Å². The first-order chi connectivity index (χ1) is 12.1. The summed E-state index contributed by atoms with van der Waals surface area (Å²) in [6.07, 6.45) is 5.56. The lowest BCUT2D eigenvalue weighted by molar-refractivity contribution is 0.0954. The van der Waals surface area contributed by atoms with Crippen molar-refractivity contribution in [1.29, 1.82) is 0 Å². The summed E-state index contributed by atoms with van der Waals surface area (Å²) in [5, 5.41) is 6.11. The minimum absolute atomic E-state index is 0.0426. The Kier molecular flexibility index (Phi) is 6.84. The fourth-order valence-electron chi connectivity index (χ4n) is 2.27. The average molecular weight is 335 g/mol. The number of allylic oxidation sites excluding steroid dienone is 1. The summed E-state index contributed by atoms with van der Waals surface area (Å²) in [6, 6.07) is 15.1. The van der Waals surface area contributed by atoms with Gasteiger partial charge >= 0.3 is 0 Å². The van der Waals surface area contributed by atoms with E-state index in [1.54, 1.807) is 0 Å². The molecular formula is C21H25N3O. The number of hydrogen-bond donors (Lipinski definition) is 3. The number of nitrogens with two attached hydrogens (primary N) is 1. The highest BCUT2D eigenvalue weighted by atomic mass is 16.1. The lowest BCUT2D eigenvalue weighted by atomic mass is 10.1. The number of carbonyl (C=O) groups is 1. The Hall–Kier alpha value is -3.01. The molecule has 0 aliphatic rings. The minimum Gasteiger partial charge on any atom is -0.397 e. The van der Waals surface area contributed by atoms with E-state index in [1.807, 2.05) is 67.6 Å². The molecule has 130 valence electrons. The van der Waals surface area contributed by atoms with Gasteiger partial charge in [-0.05, 0) is 37.6 Å². The van der Waals surface area contributed by atoms with Crippen LogP contribution in [-0.2, 0) is 0 Å². The number of aryl methyl sites for hydroxylation is 1. The standard InChI is InChI=1S/C21H25N3O/c1-16-11-13-18(14-12-16)21(25)23-15-7-3-4-8-17(2)24-20-10-6-5-9-19(20)22/h3-6,9-14,24H,2,7-8,15,22H2,1H3,(H,23,25)/b4-3+. The molecule has 0 aliphatic heterocycles. The Balaban J connectivity index is 1.66. The fourth-order valence-corrected chi connectivity index (χ4v) is 2.27. The van der Waals surface area contributed by atoms with Crippen LogP contribution in [-0.4, -0.2) is 12.5 Å². The quantitative estimate of drug-likeness (QED) is 0.383. The molecule has 2 rings (SSSR count). The maximum atomic E-state index is 12.0. The second-order valence-corrected chi connectivity index (χ2v) is 5.90. The molecule has 0 atom stereocenters. The van der Waals surface area contributed by atoms with E-state index in [9.17, 15) is 4.79 Å². The lowest BCUT2D eigenvalue weighted by Gasteiger charge is -2.09. The van der Waals surface area contributed by atoms with Crippen molar-refractivity contribution in [1.82, 2.24) is 5.32 Å². The number of anilines is 2. The summed E-state index contributed by atoms with van der Waals surface area (Å²) in [7, 11) is 0. The predicted octanol–water partition coefficient (Wildman–Crippen LogP) is 4.27. The third-order valence-corrected chi connectivity index (χ3v) is 3.71. The molecule has 0 unspecified atom stereocenters. The fraction of sp³-hybridized carbons (Fsp3) is 0.190. The van der Waals surface area contributed by atoms with E-state index in [0.29, 0.717) is 24.2 Å². The second-order valence-electron chi connectivity index (χ2n) is 5.90. The van der Waals surface area contributed by atoms with Crippen LogP contribution >= 0.6 is 0 Å². The maximum Gasteiger partial charge on any atom is 0.251 e. The zero-order valence-corrected chi connectivity index (χ0v) is 14.6. The van der Waals surface area contributed by atoms with Gasteiger partial charge in [-0.1, -0.05) is 48.6 Å².